The largest absolute Gasteiger partial charge is 0.468 e. The number of hydrogen-bond donors (Lipinski definition) is 1. The summed E-state index contributed by atoms with van der Waals surface area (Å²) in [5, 5.41) is 9.91. The number of rotatable bonds is 4. The molecule has 0 aliphatic heterocycles. The average Bonchev–Trinajstić information content (AvgIpc) is 2.40. The van der Waals surface area contributed by atoms with E-state index >= 15 is 0 Å². The zero-order valence-corrected chi connectivity index (χ0v) is 11.0. The van der Waals surface area contributed by atoms with Crippen LogP contribution in [0.2, 0.25) is 0 Å². The fourth-order valence-electron chi connectivity index (χ4n) is 2.36. The van der Waals surface area contributed by atoms with E-state index in [9.17, 15) is 5.11 Å². The molecule has 0 fully saturated rings. The molecule has 18 heavy (non-hydrogen) atoms. The Balaban J connectivity index is 2.25. The highest BCUT2D eigenvalue weighted by atomic mass is 16.7. The topological polar surface area (TPSA) is 38.7 Å². The van der Waals surface area contributed by atoms with Crippen molar-refractivity contribution >= 4 is 5.57 Å². The molecule has 1 aliphatic carbocycles. The number of methoxy groups -OCH3 is 1. The number of allylic oxidation sites excluding steroid dienone is 1. The third-order valence-electron chi connectivity index (χ3n) is 3.41. The monoisotopic (exact) mass is 248 g/mol. The zero-order valence-electron chi connectivity index (χ0n) is 11.0. The Hall–Kier alpha value is -1.32. The maximum Gasteiger partial charge on any atom is 0.188 e. The van der Waals surface area contributed by atoms with Gasteiger partial charge in [-0.1, -0.05) is 12.1 Å². The van der Waals surface area contributed by atoms with Crippen LogP contribution in [0.1, 0.15) is 31.7 Å². The van der Waals surface area contributed by atoms with Crippen LogP contribution >= 0.6 is 0 Å². The maximum absolute atomic E-state index is 9.91. The third-order valence-corrected chi connectivity index (χ3v) is 3.41. The molecule has 98 valence electrons. The molecule has 1 aromatic rings. The highest BCUT2D eigenvalue weighted by Gasteiger charge is 2.18. The van der Waals surface area contributed by atoms with Crippen molar-refractivity contribution in [3.05, 3.63) is 35.4 Å². The van der Waals surface area contributed by atoms with Crippen LogP contribution in [0, 0.1) is 0 Å². The summed E-state index contributed by atoms with van der Waals surface area (Å²) in [5.41, 5.74) is 3.47. The van der Waals surface area contributed by atoms with Crippen molar-refractivity contribution in [3.63, 3.8) is 0 Å². The molecule has 0 saturated carbocycles. The van der Waals surface area contributed by atoms with Gasteiger partial charge in [-0.25, -0.2) is 0 Å². The molecular weight excluding hydrogens is 228 g/mol. The van der Waals surface area contributed by atoms with Crippen molar-refractivity contribution in [2.24, 2.45) is 0 Å². The van der Waals surface area contributed by atoms with Crippen LogP contribution in [0.3, 0.4) is 0 Å². The minimum atomic E-state index is -0.294. The van der Waals surface area contributed by atoms with Crippen molar-refractivity contribution < 1.29 is 14.6 Å². The predicted octanol–water partition coefficient (Wildman–Crippen LogP) is 2.99. The van der Waals surface area contributed by atoms with Gasteiger partial charge in [-0.3, -0.25) is 0 Å². The van der Waals surface area contributed by atoms with Gasteiger partial charge in [0.15, 0.2) is 6.79 Å². The molecule has 1 aromatic carbocycles. The summed E-state index contributed by atoms with van der Waals surface area (Å²) in [6.07, 6.45) is 2.64. The molecule has 0 spiro atoms. The van der Waals surface area contributed by atoms with Crippen molar-refractivity contribution in [2.45, 2.75) is 32.3 Å². The Kier molecular flexibility index (Phi) is 4.39. The van der Waals surface area contributed by atoms with E-state index < -0.39 is 0 Å². The van der Waals surface area contributed by atoms with Gasteiger partial charge in [-0.05, 0) is 55.0 Å². The Morgan fingerprint density at radius 2 is 2.22 bits per heavy atom. The number of aliphatic hydroxyl groups excluding tert-OH is 1. The predicted molar refractivity (Wildman–Crippen MR) is 71.4 cm³/mol. The lowest BCUT2D eigenvalue weighted by atomic mass is 9.86. The lowest BCUT2D eigenvalue weighted by Gasteiger charge is -2.23. The summed E-state index contributed by atoms with van der Waals surface area (Å²) in [7, 11) is 1.61. The molecule has 0 radical (unpaired) electrons. The first-order valence-electron chi connectivity index (χ1n) is 6.32. The molecule has 0 heterocycles. The van der Waals surface area contributed by atoms with Gasteiger partial charge >= 0.3 is 0 Å². The molecule has 3 nitrogen and oxygen atoms in total. The van der Waals surface area contributed by atoms with E-state index in [2.05, 4.69) is 6.07 Å². The number of ether oxygens (including phenoxy) is 2. The lowest BCUT2D eigenvalue weighted by Crippen LogP contribution is -2.14. The average molecular weight is 248 g/mol. The smallest absolute Gasteiger partial charge is 0.188 e. The molecule has 1 N–H and O–H groups in total. The van der Waals surface area contributed by atoms with Gasteiger partial charge in [0.05, 0.1) is 6.10 Å². The number of aliphatic hydroxyl groups is 1. The van der Waals surface area contributed by atoms with E-state index in [1.54, 1.807) is 7.11 Å². The van der Waals surface area contributed by atoms with E-state index in [4.69, 9.17) is 9.47 Å². The Morgan fingerprint density at radius 3 is 3.00 bits per heavy atom. The molecule has 0 saturated heterocycles. The van der Waals surface area contributed by atoms with Crippen LogP contribution in [0.25, 0.3) is 5.57 Å². The fraction of sp³-hybridized carbons (Fsp3) is 0.467. The SMILES string of the molecule is COCOc1cccc(C2=C(C)C(O)CCC2)c1. The van der Waals surface area contributed by atoms with Crippen LogP contribution in [-0.2, 0) is 4.74 Å². The van der Waals surface area contributed by atoms with Gasteiger partial charge in [0, 0.05) is 7.11 Å². The zero-order chi connectivity index (χ0) is 13.0. The summed E-state index contributed by atoms with van der Waals surface area (Å²) >= 11 is 0. The van der Waals surface area contributed by atoms with Gasteiger partial charge in [0.1, 0.15) is 5.75 Å². The second-order valence-electron chi connectivity index (χ2n) is 4.65. The van der Waals surface area contributed by atoms with E-state index in [0.29, 0.717) is 0 Å². The second kappa shape index (κ2) is 6.03. The van der Waals surface area contributed by atoms with Crippen molar-refractivity contribution in [2.75, 3.05) is 13.9 Å². The quantitative estimate of drug-likeness (QED) is 0.832. The molecule has 3 heteroatoms. The molecule has 0 amide bonds. The van der Waals surface area contributed by atoms with Crippen molar-refractivity contribution in [3.8, 4) is 5.75 Å². The molecule has 1 unspecified atom stereocenters. The first kappa shape index (κ1) is 13.1. The van der Waals surface area contributed by atoms with Crippen LogP contribution in [0.5, 0.6) is 5.75 Å². The minimum Gasteiger partial charge on any atom is -0.468 e. The van der Waals surface area contributed by atoms with Crippen molar-refractivity contribution in [1.82, 2.24) is 0 Å². The summed E-state index contributed by atoms with van der Waals surface area (Å²) in [4.78, 5) is 0. The highest BCUT2D eigenvalue weighted by Crippen LogP contribution is 2.33. The van der Waals surface area contributed by atoms with Gasteiger partial charge in [-0.2, -0.15) is 0 Å². The summed E-state index contributed by atoms with van der Waals surface area (Å²) in [5.74, 6) is 0.801. The van der Waals surface area contributed by atoms with Gasteiger partial charge < -0.3 is 14.6 Å². The summed E-state index contributed by atoms with van der Waals surface area (Å²) in [6.45, 7) is 2.27. The van der Waals surface area contributed by atoms with E-state index in [-0.39, 0.29) is 12.9 Å². The Bertz CT molecular complexity index is 437. The third kappa shape index (κ3) is 2.92. The molecule has 2 rings (SSSR count). The number of benzene rings is 1. The van der Waals surface area contributed by atoms with Crippen LogP contribution in [0.4, 0.5) is 0 Å². The first-order chi connectivity index (χ1) is 8.72. The van der Waals surface area contributed by atoms with Gasteiger partial charge in [0.2, 0.25) is 0 Å². The standard InChI is InChI=1S/C15H20O3/c1-11-14(7-4-8-15(11)16)12-5-3-6-13(9-12)18-10-17-2/h3,5-6,9,15-16H,4,7-8,10H2,1-2H3. The Labute approximate surface area is 108 Å². The normalized spacial score (nSPS) is 20.1. The summed E-state index contributed by atoms with van der Waals surface area (Å²) < 4.78 is 10.3. The number of hydrogen-bond acceptors (Lipinski definition) is 3. The first-order valence-corrected chi connectivity index (χ1v) is 6.32. The van der Waals surface area contributed by atoms with Crippen LogP contribution in [-0.4, -0.2) is 25.1 Å². The fourth-order valence-corrected chi connectivity index (χ4v) is 2.36. The van der Waals surface area contributed by atoms with E-state index in [1.165, 1.54) is 5.57 Å². The lowest BCUT2D eigenvalue weighted by molar-refractivity contribution is 0.0511. The molecule has 0 aromatic heterocycles. The van der Waals surface area contributed by atoms with E-state index in [1.807, 2.05) is 25.1 Å². The summed E-state index contributed by atoms with van der Waals surface area (Å²) in [6, 6.07) is 7.96. The molecule has 0 bridgehead atoms. The van der Waals surface area contributed by atoms with Gasteiger partial charge in [0.25, 0.3) is 0 Å². The molecule has 1 aliphatic rings. The molecular formula is C15H20O3. The highest BCUT2D eigenvalue weighted by molar-refractivity contribution is 5.70. The second-order valence-corrected chi connectivity index (χ2v) is 4.65. The van der Waals surface area contributed by atoms with Crippen LogP contribution < -0.4 is 4.74 Å². The Morgan fingerprint density at radius 1 is 1.39 bits per heavy atom. The minimum absolute atomic E-state index is 0.254. The maximum atomic E-state index is 9.91. The van der Waals surface area contributed by atoms with Gasteiger partial charge in [-0.15, -0.1) is 0 Å². The van der Waals surface area contributed by atoms with Crippen LogP contribution in [0.15, 0.2) is 29.8 Å². The molecule has 1 atom stereocenters. The van der Waals surface area contributed by atoms with Crippen molar-refractivity contribution in [1.29, 1.82) is 0 Å². The van der Waals surface area contributed by atoms with E-state index in [0.717, 1.165) is 36.1 Å².